The van der Waals surface area contributed by atoms with Gasteiger partial charge in [0, 0.05) is 0 Å². The van der Waals surface area contributed by atoms with Crippen molar-refractivity contribution in [2.24, 2.45) is 5.18 Å². The fraction of sp³-hybridized carbons (Fsp3) is 0.318. The Morgan fingerprint density at radius 1 is 1.07 bits per heavy atom. The monoisotopic (exact) mass is 365 g/mol. The number of carbonyl (C=O) groups is 1. The normalized spacial score (nSPS) is 11.0. The van der Waals surface area contributed by atoms with Gasteiger partial charge in [0.15, 0.2) is 0 Å². The third-order valence-electron chi connectivity index (χ3n) is 3.95. The van der Waals surface area contributed by atoms with Crippen LogP contribution in [0.15, 0.2) is 53.7 Å². The van der Waals surface area contributed by atoms with Crippen molar-refractivity contribution in [1.29, 1.82) is 0 Å². The largest absolute Gasteiger partial charge is 0.489 e. The third kappa shape index (κ3) is 6.59. The van der Waals surface area contributed by atoms with Crippen molar-refractivity contribution in [1.82, 2.24) is 0 Å². The molecule has 0 aliphatic rings. The standard InChI is InChI=1S/C22H23NO4/c1-3-5-20(14-22(24)26-4-2)19-10-12-21(13-11-19)27-16-18-8-6-17(7-9-18)15-23-25/h6-13,20H,4,14-16H2,1-2H3. The van der Waals surface area contributed by atoms with E-state index in [1.807, 2.05) is 48.5 Å². The first-order chi connectivity index (χ1) is 13.2. The Labute approximate surface area is 159 Å². The number of ether oxygens (including phenoxy) is 2. The lowest BCUT2D eigenvalue weighted by Gasteiger charge is -2.12. The Morgan fingerprint density at radius 3 is 2.33 bits per heavy atom. The zero-order valence-corrected chi connectivity index (χ0v) is 15.6. The van der Waals surface area contributed by atoms with Gasteiger partial charge >= 0.3 is 5.97 Å². The van der Waals surface area contributed by atoms with Gasteiger partial charge in [-0.3, -0.25) is 4.79 Å². The molecule has 27 heavy (non-hydrogen) atoms. The predicted molar refractivity (Wildman–Crippen MR) is 104 cm³/mol. The molecular formula is C22H23NO4. The molecule has 0 saturated carbocycles. The van der Waals surface area contributed by atoms with Crippen LogP contribution in [0.1, 0.15) is 42.9 Å². The van der Waals surface area contributed by atoms with Crippen molar-refractivity contribution in [3.05, 3.63) is 70.1 Å². The minimum atomic E-state index is -0.251. The fourth-order valence-electron chi connectivity index (χ4n) is 2.59. The zero-order chi connectivity index (χ0) is 19.5. The van der Waals surface area contributed by atoms with Crippen LogP contribution in [0.3, 0.4) is 0 Å². The van der Waals surface area contributed by atoms with E-state index < -0.39 is 0 Å². The summed E-state index contributed by atoms with van der Waals surface area (Å²) in [6.07, 6.45) is 0.233. The van der Waals surface area contributed by atoms with Gasteiger partial charge in [-0.15, -0.1) is 5.92 Å². The van der Waals surface area contributed by atoms with Gasteiger partial charge in [0.05, 0.1) is 18.9 Å². The number of nitrogens with zero attached hydrogens (tertiary/aromatic N) is 1. The number of rotatable bonds is 9. The molecule has 2 aromatic carbocycles. The molecule has 0 aliphatic carbocycles. The Hall–Kier alpha value is -3.13. The van der Waals surface area contributed by atoms with Gasteiger partial charge < -0.3 is 9.47 Å². The van der Waals surface area contributed by atoms with Crippen LogP contribution in [0.2, 0.25) is 0 Å². The Morgan fingerprint density at radius 2 is 1.74 bits per heavy atom. The molecule has 2 aromatic rings. The Bertz CT molecular complexity index is 801. The summed E-state index contributed by atoms with van der Waals surface area (Å²) >= 11 is 0. The van der Waals surface area contributed by atoms with E-state index in [0.29, 0.717) is 13.2 Å². The van der Waals surface area contributed by atoms with Gasteiger partial charge in [-0.2, -0.15) is 4.91 Å². The van der Waals surface area contributed by atoms with Gasteiger partial charge in [-0.1, -0.05) is 47.5 Å². The van der Waals surface area contributed by atoms with Crippen LogP contribution < -0.4 is 4.74 Å². The van der Waals surface area contributed by atoms with E-state index in [1.165, 1.54) is 0 Å². The number of carbonyl (C=O) groups excluding carboxylic acids is 1. The molecule has 0 aromatic heterocycles. The molecule has 140 valence electrons. The molecule has 1 atom stereocenters. The first kappa shape index (κ1) is 20.2. The van der Waals surface area contributed by atoms with Crippen LogP contribution in [0, 0.1) is 16.7 Å². The maximum atomic E-state index is 11.8. The quantitative estimate of drug-likeness (QED) is 0.370. The van der Waals surface area contributed by atoms with Crippen molar-refractivity contribution in [2.75, 3.05) is 6.61 Å². The molecule has 1 unspecified atom stereocenters. The lowest BCUT2D eigenvalue weighted by Crippen LogP contribution is -2.09. The first-order valence-corrected chi connectivity index (χ1v) is 8.83. The minimum absolute atomic E-state index is 0.177. The number of benzene rings is 2. The predicted octanol–water partition coefficient (Wildman–Crippen LogP) is 4.59. The van der Waals surface area contributed by atoms with E-state index in [2.05, 4.69) is 17.0 Å². The van der Waals surface area contributed by atoms with Crippen molar-refractivity contribution in [2.45, 2.75) is 39.3 Å². The summed E-state index contributed by atoms with van der Waals surface area (Å²) in [5.41, 5.74) is 2.84. The van der Waals surface area contributed by atoms with Crippen LogP contribution >= 0.6 is 0 Å². The van der Waals surface area contributed by atoms with Gasteiger partial charge in [-0.05, 0) is 42.7 Å². The third-order valence-corrected chi connectivity index (χ3v) is 3.95. The summed E-state index contributed by atoms with van der Waals surface area (Å²) in [6, 6.07) is 15.2. The van der Waals surface area contributed by atoms with Gasteiger partial charge in [0.1, 0.15) is 18.9 Å². The minimum Gasteiger partial charge on any atom is -0.489 e. The number of hydrogen-bond donors (Lipinski definition) is 0. The SMILES string of the molecule is CC#CC(CC(=O)OCC)c1ccc(OCc2ccc(CN=O)cc2)cc1. The topological polar surface area (TPSA) is 65.0 Å². The molecular weight excluding hydrogens is 342 g/mol. The van der Waals surface area contributed by atoms with E-state index in [4.69, 9.17) is 9.47 Å². The molecule has 0 radical (unpaired) electrons. The number of nitroso groups, excluding NO2 is 1. The zero-order valence-electron chi connectivity index (χ0n) is 15.6. The molecule has 5 nitrogen and oxygen atoms in total. The van der Waals surface area contributed by atoms with Crippen LogP contribution in [-0.2, 0) is 22.7 Å². The van der Waals surface area contributed by atoms with E-state index in [0.717, 1.165) is 22.4 Å². The van der Waals surface area contributed by atoms with Gasteiger partial charge in [0.2, 0.25) is 0 Å². The van der Waals surface area contributed by atoms with E-state index in [1.54, 1.807) is 13.8 Å². The highest BCUT2D eigenvalue weighted by Crippen LogP contribution is 2.23. The highest BCUT2D eigenvalue weighted by atomic mass is 16.5. The summed E-state index contributed by atoms with van der Waals surface area (Å²) in [4.78, 5) is 22.0. The van der Waals surface area contributed by atoms with Crippen molar-refractivity contribution in [3.8, 4) is 17.6 Å². The highest BCUT2D eigenvalue weighted by Gasteiger charge is 2.14. The maximum Gasteiger partial charge on any atom is 0.307 e. The number of esters is 1. The molecule has 0 aliphatic heterocycles. The summed E-state index contributed by atoms with van der Waals surface area (Å²) in [5, 5.41) is 2.87. The maximum absolute atomic E-state index is 11.8. The van der Waals surface area contributed by atoms with Crippen LogP contribution in [0.4, 0.5) is 0 Å². The molecule has 2 rings (SSSR count). The highest BCUT2D eigenvalue weighted by molar-refractivity contribution is 5.71. The molecule has 0 bridgehead atoms. The second kappa shape index (κ2) is 10.8. The molecule has 0 amide bonds. The second-order valence-electron chi connectivity index (χ2n) is 5.92. The van der Waals surface area contributed by atoms with Crippen LogP contribution in [0.25, 0.3) is 0 Å². The summed E-state index contributed by atoms with van der Waals surface area (Å²) < 4.78 is 10.8. The lowest BCUT2D eigenvalue weighted by molar-refractivity contribution is -0.143. The fourth-order valence-corrected chi connectivity index (χ4v) is 2.59. The molecule has 0 heterocycles. The Balaban J connectivity index is 1.97. The molecule has 0 N–H and O–H groups in total. The number of hydrogen-bond acceptors (Lipinski definition) is 5. The lowest BCUT2D eigenvalue weighted by atomic mass is 9.96. The van der Waals surface area contributed by atoms with Crippen LogP contribution in [0.5, 0.6) is 5.75 Å². The summed E-state index contributed by atoms with van der Waals surface area (Å²) in [7, 11) is 0. The molecule has 0 fully saturated rings. The van der Waals surface area contributed by atoms with Gasteiger partial charge in [0.25, 0.3) is 0 Å². The average Bonchev–Trinajstić information content (AvgIpc) is 2.68. The van der Waals surface area contributed by atoms with Crippen LogP contribution in [-0.4, -0.2) is 12.6 Å². The molecule has 0 saturated heterocycles. The van der Waals surface area contributed by atoms with Crippen molar-refractivity contribution in [3.63, 3.8) is 0 Å². The summed E-state index contributed by atoms with van der Waals surface area (Å²) in [5.74, 6) is 6.22. The molecule has 0 spiro atoms. The second-order valence-corrected chi connectivity index (χ2v) is 5.92. The molecule has 5 heteroatoms. The van der Waals surface area contributed by atoms with Gasteiger partial charge in [-0.25, -0.2) is 0 Å². The smallest absolute Gasteiger partial charge is 0.307 e. The van der Waals surface area contributed by atoms with Crippen molar-refractivity contribution >= 4 is 5.97 Å². The van der Waals surface area contributed by atoms with E-state index in [-0.39, 0.29) is 24.9 Å². The summed E-state index contributed by atoms with van der Waals surface area (Å²) in [6.45, 7) is 4.51. The van der Waals surface area contributed by atoms with E-state index >= 15 is 0 Å². The average molecular weight is 365 g/mol. The van der Waals surface area contributed by atoms with E-state index in [9.17, 15) is 9.70 Å². The Kier molecular flexibility index (Phi) is 8.05. The van der Waals surface area contributed by atoms with Crippen molar-refractivity contribution < 1.29 is 14.3 Å². The first-order valence-electron chi connectivity index (χ1n) is 8.83.